The Balaban J connectivity index is 0. The van der Waals surface area contributed by atoms with Crippen molar-refractivity contribution in [2.75, 3.05) is 19.8 Å². The fourth-order valence-corrected chi connectivity index (χ4v) is 1.26. The Morgan fingerprint density at radius 2 is 1.13 bits per heavy atom. The van der Waals surface area contributed by atoms with Gasteiger partial charge in [-0.1, -0.05) is 40.0 Å². The minimum Gasteiger partial charge on any atom is -0.466 e. The van der Waals surface area contributed by atoms with Crippen LogP contribution in [0.4, 0.5) is 0 Å². The summed E-state index contributed by atoms with van der Waals surface area (Å²) in [5.74, 6) is -0.637. The zero-order valence-electron chi connectivity index (χ0n) is 14.7. The number of rotatable bonds is 13. The maximum Gasteiger partial charge on any atom is 0.306 e. The molecule has 0 aliphatic rings. The smallest absolute Gasteiger partial charge is 0.306 e. The lowest BCUT2D eigenvalue weighted by Gasteiger charge is -2.04. The van der Waals surface area contributed by atoms with E-state index in [1.54, 1.807) is 0 Å². The molecule has 0 saturated carbocycles. The van der Waals surface area contributed by atoms with E-state index < -0.39 is 0 Å². The van der Waals surface area contributed by atoms with Crippen molar-refractivity contribution in [3.05, 3.63) is 4.91 Å². The van der Waals surface area contributed by atoms with Gasteiger partial charge < -0.3 is 14.3 Å². The van der Waals surface area contributed by atoms with Gasteiger partial charge in [0.05, 0.1) is 26.1 Å². The van der Waals surface area contributed by atoms with E-state index in [0.29, 0.717) is 19.8 Å². The molecule has 0 fully saturated rings. The third-order valence-corrected chi connectivity index (χ3v) is 2.70. The van der Waals surface area contributed by atoms with Gasteiger partial charge in [-0.2, -0.15) is 0 Å². The highest BCUT2D eigenvalue weighted by atomic mass is 16.7. The van der Waals surface area contributed by atoms with E-state index in [2.05, 4.69) is 10.2 Å². The highest BCUT2D eigenvalue weighted by molar-refractivity contribution is 5.77. The van der Waals surface area contributed by atoms with E-state index in [9.17, 15) is 14.5 Å². The van der Waals surface area contributed by atoms with E-state index in [-0.39, 0.29) is 24.8 Å². The minimum atomic E-state index is -0.319. The Labute approximate surface area is 139 Å². The molecule has 136 valence electrons. The fourth-order valence-electron chi connectivity index (χ4n) is 1.26. The van der Waals surface area contributed by atoms with Gasteiger partial charge in [0.25, 0.3) is 0 Å². The van der Waals surface area contributed by atoms with Gasteiger partial charge in [-0.3, -0.25) is 9.59 Å². The highest BCUT2D eigenvalue weighted by Crippen LogP contribution is 1.99. The molecule has 0 N–H and O–H groups in total. The van der Waals surface area contributed by atoms with Crippen molar-refractivity contribution in [3.8, 4) is 0 Å². The van der Waals surface area contributed by atoms with Crippen molar-refractivity contribution < 1.29 is 23.9 Å². The van der Waals surface area contributed by atoms with E-state index in [0.717, 1.165) is 38.5 Å². The number of ether oxygens (including phenoxy) is 2. The Bertz CT molecular complexity index is 274. The van der Waals surface area contributed by atoms with Gasteiger partial charge in [-0.15, -0.1) is 4.91 Å². The second-order valence-electron chi connectivity index (χ2n) is 4.91. The molecule has 0 saturated heterocycles. The normalized spacial score (nSPS) is 9.35. The van der Waals surface area contributed by atoms with Gasteiger partial charge in [-0.25, -0.2) is 0 Å². The molecule has 0 spiro atoms. The Kier molecular flexibility index (Phi) is 20.9. The van der Waals surface area contributed by atoms with Crippen LogP contribution in [0.2, 0.25) is 0 Å². The van der Waals surface area contributed by atoms with Crippen molar-refractivity contribution in [2.24, 2.45) is 5.34 Å². The maximum atomic E-state index is 11.1. The van der Waals surface area contributed by atoms with Crippen molar-refractivity contribution in [2.45, 2.75) is 72.1 Å². The standard InChI is InChI=1S/C12H22O4.C4H9NO2/c1-3-5-9-15-11(13)7-8-12(14)16-10-6-4-2;1-2-3-4-7-5-6/h3-10H2,1-2H3;2-4H2,1H3. The number of carbonyl (C=O) groups is 2. The Hall–Kier alpha value is -1.66. The SMILES string of the molecule is CCCCOC(=O)CCC(=O)OCCCC.CCCCON=O. The number of esters is 2. The van der Waals surface area contributed by atoms with E-state index in [1.807, 2.05) is 20.8 Å². The molecule has 0 unspecified atom stereocenters. The van der Waals surface area contributed by atoms with Crippen molar-refractivity contribution in [1.29, 1.82) is 0 Å². The van der Waals surface area contributed by atoms with E-state index >= 15 is 0 Å². The van der Waals surface area contributed by atoms with Gasteiger partial charge in [0.2, 0.25) is 0 Å². The van der Waals surface area contributed by atoms with Crippen molar-refractivity contribution in [1.82, 2.24) is 0 Å². The summed E-state index contributed by atoms with van der Waals surface area (Å²) in [6.07, 6.45) is 5.91. The van der Waals surface area contributed by atoms with Crippen LogP contribution in [0.1, 0.15) is 72.1 Å². The summed E-state index contributed by atoms with van der Waals surface area (Å²) >= 11 is 0. The summed E-state index contributed by atoms with van der Waals surface area (Å²) in [5.41, 5.74) is 0. The number of hydrogen-bond acceptors (Lipinski definition) is 7. The molecular weight excluding hydrogens is 302 g/mol. The molecule has 0 aromatic heterocycles. The monoisotopic (exact) mass is 333 g/mol. The molecule has 0 aromatic rings. The summed E-state index contributed by atoms with van der Waals surface area (Å²) < 4.78 is 9.82. The van der Waals surface area contributed by atoms with Gasteiger partial charge in [0, 0.05) is 0 Å². The summed E-state index contributed by atoms with van der Waals surface area (Å²) in [7, 11) is 0. The van der Waals surface area contributed by atoms with Crippen molar-refractivity contribution >= 4 is 11.9 Å². The maximum absolute atomic E-state index is 11.1. The van der Waals surface area contributed by atoms with Crippen LogP contribution in [0.3, 0.4) is 0 Å². The largest absolute Gasteiger partial charge is 0.466 e. The number of nitrogens with zero attached hydrogens (tertiary/aromatic N) is 1. The van der Waals surface area contributed by atoms with Crippen molar-refractivity contribution in [3.63, 3.8) is 0 Å². The van der Waals surface area contributed by atoms with Gasteiger partial charge >= 0.3 is 11.9 Å². The molecule has 0 aliphatic carbocycles. The minimum absolute atomic E-state index is 0.120. The lowest BCUT2D eigenvalue weighted by Crippen LogP contribution is -2.11. The molecular formula is C16H31NO6. The summed E-state index contributed by atoms with van der Waals surface area (Å²) in [5, 5.41) is 2.22. The summed E-state index contributed by atoms with van der Waals surface area (Å²) in [4.78, 5) is 35.6. The zero-order chi connectivity index (χ0) is 17.8. The molecule has 23 heavy (non-hydrogen) atoms. The molecule has 7 nitrogen and oxygen atoms in total. The first-order chi connectivity index (χ1) is 11.1. The van der Waals surface area contributed by atoms with Crippen LogP contribution < -0.4 is 0 Å². The summed E-state index contributed by atoms with van der Waals surface area (Å²) in [6, 6.07) is 0. The van der Waals surface area contributed by atoms with Crippen LogP contribution in [0, 0.1) is 4.91 Å². The zero-order valence-corrected chi connectivity index (χ0v) is 14.7. The van der Waals surface area contributed by atoms with Gasteiger partial charge in [-0.05, 0) is 19.3 Å². The molecule has 0 aliphatic heterocycles. The van der Waals surface area contributed by atoms with Gasteiger partial charge in [0.15, 0.2) is 5.34 Å². The average molecular weight is 333 g/mol. The third-order valence-electron chi connectivity index (χ3n) is 2.70. The highest BCUT2D eigenvalue weighted by Gasteiger charge is 2.08. The molecule has 7 heteroatoms. The molecule has 0 bridgehead atoms. The second-order valence-corrected chi connectivity index (χ2v) is 4.91. The van der Waals surface area contributed by atoms with E-state index in [4.69, 9.17) is 9.47 Å². The first kappa shape index (κ1) is 23.6. The van der Waals surface area contributed by atoms with Crippen LogP contribution in [-0.2, 0) is 23.9 Å². The first-order valence-corrected chi connectivity index (χ1v) is 8.38. The van der Waals surface area contributed by atoms with Crippen LogP contribution in [0.25, 0.3) is 0 Å². The van der Waals surface area contributed by atoms with Gasteiger partial charge in [0.1, 0.15) is 6.61 Å². The molecule has 0 aromatic carbocycles. The fraction of sp³-hybridized carbons (Fsp3) is 0.875. The number of hydrogen-bond donors (Lipinski definition) is 0. The Morgan fingerprint density at radius 3 is 1.48 bits per heavy atom. The van der Waals surface area contributed by atoms with Crippen LogP contribution in [0.5, 0.6) is 0 Å². The lowest BCUT2D eigenvalue weighted by atomic mass is 10.3. The van der Waals surface area contributed by atoms with E-state index in [1.165, 1.54) is 0 Å². The molecule has 0 radical (unpaired) electrons. The number of unbranched alkanes of at least 4 members (excludes halogenated alkanes) is 3. The van der Waals surface area contributed by atoms with Crippen LogP contribution >= 0.6 is 0 Å². The molecule has 0 amide bonds. The molecule has 0 rings (SSSR count). The third kappa shape index (κ3) is 22.8. The average Bonchev–Trinajstić information content (AvgIpc) is 2.54. The quantitative estimate of drug-likeness (QED) is 0.219. The second kappa shape index (κ2) is 20.3. The predicted octanol–water partition coefficient (Wildman–Crippen LogP) is 3.94. The molecule has 0 atom stereocenters. The summed E-state index contributed by atoms with van der Waals surface area (Å²) in [6.45, 7) is 7.42. The number of carbonyl (C=O) groups excluding carboxylic acids is 2. The Morgan fingerprint density at radius 1 is 0.739 bits per heavy atom. The van der Waals surface area contributed by atoms with Crippen LogP contribution in [-0.4, -0.2) is 31.8 Å². The first-order valence-electron chi connectivity index (χ1n) is 8.38. The van der Waals surface area contributed by atoms with Crippen LogP contribution in [0.15, 0.2) is 5.34 Å². The predicted molar refractivity (Wildman–Crippen MR) is 87.6 cm³/mol. The lowest BCUT2D eigenvalue weighted by molar-refractivity contribution is -0.150. The molecule has 0 heterocycles. The topological polar surface area (TPSA) is 91.3 Å².